The van der Waals surface area contributed by atoms with Crippen LogP contribution in [0.25, 0.3) is 0 Å². The molecule has 0 bridgehead atoms. The first kappa shape index (κ1) is 15.6. The predicted molar refractivity (Wildman–Crippen MR) is 93.5 cm³/mol. The molecule has 0 radical (unpaired) electrons. The van der Waals surface area contributed by atoms with Crippen LogP contribution in [0.4, 0.5) is 0 Å². The van der Waals surface area contributed by atoms with Crippen molar-refractivity contribution >= 4 is 29.1 Å². The lowest BCUT2D eigenvalue weighted by Crippen LogP contribution is -2.40. The smallest absolute Gasteiger partial charge is 0.169 e. The lowest BCUT2D eigenvalue weighted by Gasteiger charge is -2.35. The minimum absolute atomic E-state index is 0.431. The van der Waals surface area contributed by atoms with Crippen LogP contribution in [0.2, 0.25) is 0 Å². The van der Waals surface area contributed by atoms with Gasteiger partial charge < -0.3 is 10.2 Å². The highest BCUT2D eigenvalue weighted by Crippen LogP contribution is 2.33. The first-order valence-electron chi connectivity index (χ1n) is 7.31. The third-order valence-electron chi connectivity index (χ3n) is 3.93. The molecule has 1 aromatic carbocycles. The van der Waals surface area contributed by atoms with Crippen LogP contribution in [0.15, 0.2) is 24.3 Å². The first-order valence-corrected chi connectivity index (χ1v) is 9.11. The number of fused-ring (bicyclic) bond motifs is 1. The molecule has 1 N–H and O–H groups in total. The van der Waals surface area contributed by atoms with Gasteiger partial charge in [-0.3, -0.25) is 0 Å². The van der Waals surface area contributed by atoms with Gasteiger partial charge in [-0.2, -0.15) is 11.8 Å². The molecule has 4 heteroatoms. The van der Waals surface area contributed by atoms with Crippen molar-refractivity contribution < 1.29 is 0 Å². The summed E-state index contributed by atoms with van der Waals surface area (Å²) in [4.78, 5) is 2.24. The number of aryl methyl sites for hydroxylation is 1. The Labute approximate surface area is 132 Å². The molecule has 0 saturated heterocycles. The minimum atomic E-state index is 0.431. The van der Waals surface area contributed by atoms with Crippen molar-refractivity contribution in [3.63, 3.8) is 0 Å². The molecular weight excluding hydrogens is 284 g/mol. The van der Waals surface area contributed by atoms with Gasteiger partial charge in [0.2, 0.25) is 0 Å². The average molecular weight is 309 g/mol. The molecule has 0 saturated carbocycles. The van der Waals surface area contributed by atoms with Crippen LogP contribution in [-0.2, 0) is 6.42 Å². The highest BCUT2D eigenvalue weighted by Gasteiger charge is 2.24. The summed E-state index contributed by atoms with van der Waals surface area (Å²) in [5.74, 6) is 1.19. The number of thiocarbonyl (C=S) groups is 1. The third-order valence-corrected chi connectivity index (χ3v) is 5.06. The fourth-order valence-corrected chi connectivity index (χ4v) is 3.47. The molecule has 0 aliphatic heterocycles. The van der Waals surface area contributed by atoms with Crippen LogP contribution in [-0.4, -0.2) is 35.6 Å². The largest absolute Gasteiger partial charge is 0.363 e. The molecule has 0 heterocycles. The molecule has 20 heavy (non-hydrogen) atoms. The minimum Gasteiger partial charge on any atom is -0.363 e. The summed E-state index contributed by atoms with van der Waals surface area (Å²) in [7, 11) is 2.12. The van der Waals surface area contributed by atoms with Crippen LogP contribution in [0.5, 0.6) is 0 Å². The molecule has 1 aromatic rings. The van der Waals surface area contributed by atoms with Crippen LogP contribution in [0.1, 0.15) is 36.4 Å². The van der Waals surface area contributed by atoms with Crippen LogP contribution in [0, 0.1) is 0 Å². The van der Waals surface area contributed by atoms with Gasteiger partial charge in [0.25, 0.3) is 0 Å². The monoisotopic (exact) mass is 308 g/mol. The van der Waals surface area contributed by atoms with E-state index in [-0.39, 0.29) is 0 Å². The van der Waals surface area contributed by atoms with E-state index in [0.29, 0.717) is 6.04 Å². The highest BCUT2D eigenvalue weighted by atomic mass is 32.2. The van der Waals surface area contributed by atoms with E-state index < -0.39 is 0 Å². The number of thioether (sulfide) groups is 1. The van der Waals surface area contributed by atoms with E-state index in [1.54, 1.807) is 0 Å². The van der Waals surface area contributed by atoms with Crippen molar-refractivity contribution in [1.29, 1.82) is 0 Å². The number of nitrogens with one attached hydrogen (secondary N) is 1. The Hall–Kier alpha value is -0.740. The molecule has 1 aliphatic carbocycles. The van der Waals surface area contributed by atoms with Crippen molar-refractivity contribution in [2.45, 2.75) is 31.7 Å². The Kier molecular flexibility index (Phi) is 6.17. The zero-order valence-electron chi connectivity index (χ0n) is 12.4. The lowest BCUT2D eigenvalue weighted by atomic mass is 9.87. The molecular formula is C16H24N2S2. The first-order chi connectivity index (χ1) is 9.74. The molecule has 2 nitrogen and oxygen atoms in total. The SMILES string of the molecule is CSCCCNC(=S)N(C)[C@H]1CCCc2ccccc21. The maximum atomic E-state index is 5.54. The summed E-state index contributed by atoms with van der Waals surface area (Å²) in [6, 6.07) is 9.22. The molecule has 0 unspecified atom stereocenters. The Morgan fingerprint density at radius 3 is 3.05 bits per heavy atom. The van der Waals surface area contributed by atoms with Crippen molar-refractivity contribution in [3.05, 3.63) is 35.4 Å². The van der Waals surface area contributed by atoms with Gasteiger partial charge in [0.1, 0.15) is 0 Å². The molecule has 2 rings (SSSR count). The molecule has 1 aliphatic rings. The van der Waals surface area contributed by atoms with Gasteiger partial charge in [0, 0.05) is 13.6 Å². The van der Waals surface area contributed by atoms with E-state index in [1.807, 2.05) is 11.8 Å². The van der Waals surface area contributed by atoms with Crippen LogP contribution >= 0.6 is 24.0 Å². The van der Waals surface area contributed by atoms with Crippen molar-refractivity contribution in [2.75, 3.05) is 25.6 Å². The third kappa shape index (κ3) is 3.89. The summed E-state index contributed by atoms with van der Waals surface area (Å²) >= 11 is 7.43. The number of benzene rings is 1. The Balaban J connectivity index is 1.96. The second-order valence-electron chi connectivity index (χ2n) is 5.30. The summed E-state index contributed by atoms with van der Waals surface area (Å²) in [5, 5.41) is 4.27. The average Bonchev–Trinajstić information content (AvgIpc) is 2.50. The summed E-state index contributed by atoms with van der Waals surface area (Å²) < 4.78 is 0. The predicted octanol–water partition coefficient (Wildman–Crippen LogP) is 3.62. The summed E-state index contributed by atoms with van der Waals surface area (Å²) in [5.41, 5.74) is 2.94. The van der Waals surface area contributed by atoms with E-state index in [4.69, 9.17) is 12.2 Å². The van der Waals surface area contributed by atoms with E-state index in [2.05, 4.69) is 47.8 Å². The zero-order chi connectivity index (χ0) is 14.4. The van der Waals surface area contributed by atoms with Crippen LogP contribution in [0.3, 0.4) is 0 Å². The van der Waals surface area contributed by atoms with Gasteiger partial charge in [-0.15, -0.1) is 0 Å². The lowest BCUT2D eigenvalue weighted by molar-refractivity contribution is 0.328. The molecule has 110 valence electrons. The fourth-order valence-electron chi connectivity index (χ4n) is 2.81. The van der Waals surface area contributed by atoms with E-state index in [0.717, 1.165) is 18.1 Å². The van der Waals surface area contributed by atoms with Gasteiger partial charge in [-0.25, -0.2) is 0 Å². The topological polar surface area (TPSA) is 15.3 Å². The van der Waals surface area contributed by atoms with Crippen molar-refractivity contribution in [1.82, 2.24) is 10.2 Å². The van der Waals surface area contributed by atoms with E-state index >= 15 is 0 Å². The number of nitrogens with zero attached hydrogens (tertiary/aromatic N) is 1. The second-order valence-corrected chi connectivity index (χ2v) is 6.67. The maximum Gasteiger partial charge on any atom is 0.169 e. The van der Waals surface area contributed by atoms with Crippen molar-refractivity contribution in [3.8, 4) is 0 Å². The Morgan fingerprint density at radius 1 is 1.45 bits per heavy atom. The van der Waals surface area contributed by atoms with Gasteiger partial charge in [0.05, 0.1) is 6.04 Å². The van der Waals surface area contributed by atoms with Gasteiger partial charge in [-0.05, 0) is 61.0 Å². The number of rotatable bonds is 5. The molecule has 0 aromatic heterocycles. The zero-order valence-corrected chi connectivity index (χ0v) is 14.0. The van der Waals surface area contributed by atoms with Gasteiger partial charge >= 0.3 is 0 Å². The Bertz CT molecular complexity index is 448. The van der Waals surface area contributed by atoms with Crippen LogP contribution < -0.4 is 5.32 Å². The summed E-state index contributed by atoms with van der Waals surface area (Å²) in [6.07, 6.45) is 6.95. The Morgan fingerprint density at radius 2 is 2.25 bits per heavy atom. The van der Waals surface area contributed by atoms with Crippen molar-refractivity contribution in [2.24, 2.45) is 0 Å². The maximum absolute atomic E-state index is 5.54. The fraction of sp³-hybridized carbons (Fsp3) is 0.562. The summed E-state index contributed by atoms with van der Waals surface area (Å²) in [6.45, 7) is 0.971. The highest BCUT2D eigenvalue weighted by molar-refractivity contribution is 7.98. The molecule has 1 atom stereocenters. The quantitative estimate of drug-likeness (QED) is 0.660. The number of hydrogen-bond donors (Lipinski definition) is 1. The molecule has 0 spiro atoms. The second kappa shape index (κ2) is 7.89. The van der Waals surface area contributed by atoms with E-state index in [1.165, 1.54) is 36.1 Å². The molecule has 0 amide bonds. The number of hydrogen-bond acceptors (Lipinski definition) is 2. The van der Waals surface area contributed by atoms with E-state index in [9.17, 15) is 0 Å². The standard InChI is InChI=1S/C16H24N2S2/c1-18(16(19)17-11-6-12-20-2)15-10-5-8-13-7-3-4-9-14(13)15/h3-4,7,9,15H,5-6,8,10-12H2,1-2H3,(H,17,19)/t15-/m0/s1. The van der Waals surface area contributed by atoms with Gasteiger partial charge in [-0.1, -0.05) is 24.3 Å². The normalized spacial score (nSPS) is 17.4. The van der Waals surface area contributed by atoms with Gasteiger partial charge in [0.15, 0.2) is 5.11 Å². The molecule has 0 fully saturated rings.